The van der Waals surface area contributed by atoms with Gasteiger partial charge in [0.2, 0.25) is 0 Å². The van der Waals surface area contributed by atoms with Gasteiger partial charge in [-0.3, -0.25) is 5.43 Å². The van der Waals surface area contributed by atoms with E-state index in [2.05, 4.69) is 15.8 Å². The van der Waals surface area contributed by atoms with Gasteiger partial charge in [0.15, 0.2) is 5.11 Å². The summed E-state index contributed by atoms with van der Waals surface area (Å²) in [4.78, 5) is 0. The first-order chi connectivity index (χ1) is 8.21. The molecular weight excluding hydrogens is 238 g/mol. The van der Waals surface area contributed by atoms with Crippen LogP contribution in [0.4, 0.5) is 0 Å². The van der Waals surface area contributed by atoms with Crippen molar-refractivity contribution in [3.8, 4) is 11.5 Å². The van der Waals surface area contributed by atoms with Crippen molar-refractivity contribution >= 4 is 23.5 Å². The first-order valence-electron chi connectivity index (χ1n) is 4.94. The van der Waals surface area contributed by atoms with E-state index in [0.29, 0.717) is 10.9 Å². The van der Waals surface area contributed by atoms with E-state index < -0.39 is 0 Å². The normalized spacial score (nSPS) is 10.1. The summed E-state index contributed by atoms with van der Waals surface area (Å²) >= 11 is 4.88. The minimum Gasteiger partial charge on any atom is -0.497 e. The molecule has 0 aliphatic heterocycles. The summed E-state index contributed by atoms with van der Waals surface area (Å²) < 4.78 is 10.3. The van der Waals surface area contributed by atoms with E-state index in [0.717, 1.165) is 11.3 Å². The molecule has 0 radical (unpaired) electrons. The summed E-state index contributed by atoms with van der Waals surface area (Å²) in [6.45, 7) is 0. The predicted octanol–water partition coefficient (Wildman–Crippen LogP) is 1.13. The Morgan fingerprint density at radius 1 is 1.35 bits per heavy atom. The predicted molar refractivity (Wildman–Crippen MR) is 71.9 cm³/mol. The number of methoxy groups -OCH3 is 2. The lowest BCUT2D eigenvalue weighted by molar-refractivity contribution is 0.394. The molecule has 0 saturated heterocycles. The number of hydrazone groups is 1. The molecule has 0 saturated carbocycles. The molecule has 2 N–H and O–H groups in total. The van der Waals surface area contributed by atoms with Crippen LogP contribution in [-0.2, 0) is 0 Å². The Morgan fingerprint density at radius 2 is 2.12 bits per heavy atom. The van der Waals surface area contributed by atoms with E-state index in [1.807, 2.05) is 12.1 Å². The molecule has 0 spiro atoms. The molecule has 1 aromatic rings. The van der Waals surface area contributed by atoms with Gasteiger partial charge in [0.1, 0.15) is 11.5 Å². The maximum atomic E-state index is 5.22. The van der Waals surface area contributed by atoms with E-state index >= 15 is 0 Å². The number of nitrogens with one attached hydrogen (secondary N) is 2. The molecule has 1 aromatic carbocycles. The fourth-order valence-corrected chi connectivity index (χ4v) is 1.19. The van der Waals surface area contributed by atoms with Crippen LogP contribution >= 0.6 is 12.2 Å². The van der Waals surface area contributed by atoms with E-state index in [4.69, 9.17) is 21.7 Å². The second kappa shape index (κ2) is 6.70. The van der Waals surface area contributed by atoms with Crippen molar-refractivity contribution in [1.29, 1.82) is 0 Å². The molecular formula is C11H15N3O2S. The van der Waals surface area contributed by atoms with Gasteiger partial charge in [-0.25, -0.2) is 0 Å². The molecule has 0 unspecified atom stereocenters. The summed E-state index contributed by atoms with van der Waals surface area (Å²) in [6.07, 6.45) is 1.63. The van der Waals surface area contributed by atoms with E-state index in [1.165, 1.54) is 0 Å². The lowest BCUT2D eigenvalue weighted by Crippen LogP contribution is -2.28. The van der Waals surface area contributed by atoms with Gasteiger partial charge in [0.25, 0.3) is 0 Å². The number of ether oxygens (including phenoxy) is 2. The SMILES string of the molecule is CNC(=S)NN=Cc1ccc(OC)cc1OC. The maximum Gasteiger partial charge on any atom is 0.186 e. The van der Waals surface area contributed by atoms with Gasteiger partial charge in [-0.2, -0.15) is 5.10 Å². The van der Waals surface area contributed by atoms with Crippen LogP contribution in [0, 0.1) is 0 Å². The molecule has 0 atom stereocenters. The Bertz CT molecular complexity index is 421. The molecule has 17 heavy (non-hydrogen) atoms. The van der Waals surface area contributed by atoms with Gasteiger partial charge >= 0.3 is 0 Å². The minimum atomic E-state index is 0.453. The van der Waals surface area contributed by atoms with Crippen LogP contribution in [0.15, 0.2) is 23.3 Å². The molecule has 0 aliphatic rings. The molecule has 5 nitrogen and oxygen atoms in total. The third kappa shape index (κ3) is 3.92. The monoisotopic (exact) mass is 253 g/mol. The molecule has 0 bridgehead atoms. The average Bonchev–Trinajstić information content (AvgIpc) is 2.38. The molecule has 0 fully saturated rings. The van der Waals surface area contributed by atoms with Crippen molar-refractivity contribution in [3.05, 3.63) is 23.8 Å². The summed E-state index contributed by atoms with van der Waals surface area (Å²) in [5.41, 5.74) is 3.50. The van der Waals surface area contributed by atoms with Crippen molar-refractivity contribution in [2.24, 2.45) is 5.10 Å². The molecule has 0 heterocycles. The zero-order valence-corrected chi connectivity index (χ0v) is 10.8. The minimum absolute atomic E-state index is 0.453. The topological polar surface area (TPSA) is 54.9 Å². The van der Waals surface area contributed by atoms with Gasteiger partial charge in [0.05, 0.1) is 20.4 Å². The van der Waals surface area contributed by atoms with Crippen molar-refractivity contribution < 1.29 is 9.47 Å². The summed E-state index contributed by atoms with van der Waals surface area (Å²) in [5, 5.41) is 7.18. The largest absolute Gasteiger partial charge is 0.497 e. The Labute approximate surface area is 106 Å². The fraction of sp³-hybridized carbons (Fsp3) is 0.273. The Kier molecular flexibility index (Phi) is 5.22. The highest BCUT2D eigenvalue weighted by Gasteiger charge is 2.02. The summed E-state index contributed by atoms with van der Waals surface area (Å²) in [7, 11) is 4.92. The molecule has 1 rings (SSSR count). The highest BCUT2D eigenvalue weighted by atomic mass is 32.1. The molecule has 0 aliphatic carbocycles. The third-order valence-corrected chi connectivity index (χ3v) is 2.33. The number of hydrogen-bond donors (Lipinski definition) is 2. The molecule has 92 valence electrons. The number of hydrogen-bond acceptors (Lipinski definition) is 4. The van der Waals surface area contributed by atoms with Gasteiger partial charge in [-0.1, -0.05) is 0 Å². The zero-order valence-electron chi connectivity index (χ0n) is 9.98. The zero-order chi connectivity index (χ0) is 12.7. The van der Waals surface area contributed by atoms with Crippen LogP contribution in [0.25, 0.3) is 0 Å². The highest BCUT2D eigenvalue weighted by Crippen LogP contribution is 2.22. The first kappa shape index (κ1) is 13.2. The lowest BCUT2D eigenvalue weighted by atomic mass is 10.2. The second-order valence-corrected chi connectivity index (χ2v) is 3.47. The maximum absolute atomic E-state index is 5.22. The van der Waals surface area contributed by atoms with Gasteiger partial charge < -0.3 is 14.8 Å². The van der Waals surface area contributed by atoms with Gasteiger partial charge in [-0.05, 0) is 24.4 Å². The van der Waals surface area contributed by atoms with Crippen molar-refractivity contribution in [2.75, 3.05) is 21.3 Å². The smallest absolute Gasteiger partial charge is 0.186 e. The first-order valence-corrected chi connectivity index (χ1v) is 5.35. The number of nitrogens with zero attached hydrogens (tertiary/aromatic N) is 1. The van der Waals surface area contributed by atoms with E-state index in [1.54, 1.807) is 33.5 Å². The number of rotatable bonds is 4. The van der Waals surface area contributed by atoms with Crippen molar-refractivity contribution in [1.82, 2.24) is 10.7 Å². The average molecular weight is 253 g/mol. The summed E-state index contributed by atoms with van der Waals surface area (Å²) in [5.74, 6) is 1.42. The van der Waals surface area contributed by atoms with Crippen LogP contribution in [-0.4, -0.2) is 32.6 Å². The van der Waals surface area contributed by atoms with Crippen molar-refractivity contribution in [2.45, 2.75) is 0 Å². The number of thiocarbonyl (C=S) groups is 1. The van der Waals surface area contributed by atoms with Crippen LogP contribution in [0.3, 0.4) is 0 Å². The van der Waals surface area contributed by atoms with Crippen LogP contribution in [0.2, 0.25) is 0 Å². The summed E-state index contributed by atoms with van der Waals surface area (Å²) in [6, 6.07) is 5.48. The Hall–Kier alpha value is -1.82. The Morgan fingerprint density at radius 3 is 2.71 bits per heavy atom. The van der Waals surface area contributed by atoms with E-state index in [9.17, 15) is 0 Å². The molecule has 0 aromatic heterocycles. The second-order valence-electron chi connectivity index (χ2n) is 3.06. The van der Waals surface area contributed by atoms with E-state index in [-0.39, 0.29) is 0 Å². The van der Waals surface area contributed by atoms with Crippen molar-refractivity contribution in [3.63, 3.8) is 0 Å². The lowest BCUT2D eigenvalue weighted by Gasteiger charge is -2.07. The quantitative estimate of drug-likeness (QED) is 0.478. The third-order valence-electron chi connectivity index (χ3n) is 2.04. The standard InChI is InChI=1S/C11H15N3O2S/c1-12-11(17)14-13-7-8-4-5-9(15-2)6-10(8)16-3/h4-7H,1-3H3,(H2,12,14,17). The molecule has 0 amide bonds. The Balaban J connectivity index is 2.79. The fourth-order valence-electron chi connectivity index (χ4n) is 1.14. The van der Waals surface area contributed by atoms with Crippen LogP contribution in [0.5, 0.6) is 11.5 Å². The van der Waals surface area contributed by atoms with Gasteiger partial charge in [-0.15, -0.1) is 0 Å². The highest BCUT2D eigenvalue weighted by molar-refractivity contribution is 7.80. The molecule has 6 heteroatoms. The van der Waals surface area contributed by atoms with Gasteiger partial charge in [0, 0.05) is 18.7 Å². The number of benzene rings is 1. The van der Waals surface area contributed by atoms with Crippen LogP contribution < -0.4 is 20.2 Å². The van der Waals surface area contributed by atoms with Crippen LogP contribution in [0.1, 0.15) is 5.56 Å².